The van der Waals surface area contributed by atoms with Crippen molar-refractivity contribution in [1.29, 1.82) is 0 Å². The van der Waals surface area contributed by atoms with Crippen LogP contribution in [0.15, 0.2) is 11.9 Å². The van der Waals surface area contributed by atoms with Crippen LogP contribution in [-0.2, 0) is 4.79 Å². The van der Waals surface area contributed by atoms with Gasteiger partial charge in [0.25, 0.3) is 0 Å². The second kappa shape index (κ2) is 5.23. The molecule has 0 amide bonds. The molecule has 0 unspecified atom stereocenters. The van der Waals surface area contributed by atoms with Crippen LogP contribution in [0, 0.1) is 0 Å². The molecule has 0 fully saturated rings. The Morgan fingerprint density at radius 1 is 1.70 bits per heavy atom. The zero-order chi connectivity index (χ0) is 7.98. The first kappa shape index (κ1) is 9.43. The van der Waals surface area contributed by atoms with Crippen LogP contribution in [0.2, 0.25) is 0 Å². The highest BCUT2D eigenvalue weighted by molar-refractivity contribution is 6.17. The minimum Gasteiger partial charge on any atom is -0.476 e. The van der Waals surface area contributed by atoms with E-state index in [4.69, 9.17) is 16.7 Å². The summed E-state index contributed by atoms with van der Waals surface area (Å²) in [5.41, 5.74) is 0. The van der Waals surface area contributed by atoms with Gasteiger partial charge in [0.2, 0.25) is 5.83 Å². The van der Waals surface area contributed by atoms with Crippen molar-refractivity contribution in [3.63, 3.8) is 0 Å². The largest absolute Gasteiger partial charge is 0.476 e. The predicted molar refractivity (Wildman–Crippen MR) is 36.8 cm³/mol. The van der Waals surface area contributed by atoms with E-state index < -0.39 is 11.8 Å². The van der Waals surface area contributed by atoms with Crippen LogP contribution in [0.1, 0.15) is 12.8 Å². The van der Waals surface area contributed by atoms with Crippen molar-refractivity contribution in [3.05, 3.63) is 11.9 Å². The van der Waals surface area contributed by atoms with Crippen molar-refractivity contribution in [1.82, 2.24) is 0 Å². The number of rotatable bonds is 4. The van der Waals surface area contributed by atoms with E-state index in [2.05, 4.69) is 0 Å². The van der Waals surface area contributed by atoms with Crippen LogP contribution >= 0.6 is 11.6 Å². The highest BCUT2D eigenvalue weighted by atomic mass is 35.5. The molecular weight excluding hydrogens is 159 g/mol. The molecule has 0 saturated carbocycles. The third-order valence-corrected chi connectivity index (χ3v) is 1.13. The molecule has 0 aromatic rings. The van der Waals surface area contributed by atoms with Gasteiger partial charge in [-0.2, -0.15) is 4.39 Å². The van der Waals surface area contributed by atoms with E-state index in [1.54, 1.807) is 0 Å². The van der Waals surface area contributed by atoms with Crippen molar-refractivity contribution in [2.75, 3.05) is 5.88 Å². The summed E-state index contributed by atoms with van der Waals surface area (Å²) in [4.78, 5) is 9.82. The minimum atomic E-state index is -1.52. The van der Waals surface area contributed by atoms with Crippen molar-refractivity contribution >= 4 is 17.6 Å². The number of carboxylic acids is 1. The molecule has 0 heterocycles. The van der Waals surface area contributed by atoms with Crippen molar-refractivity contribution < 1.29 is 14.3 Å². The molecule has 58 valence electrons. The molecular formula is C6H8ClFO2. The summed E-state index contributed by atoms with van der Waals surface area (Å²) in [6, 6.07) is 0. The van der Waals surface area contributed by atoms with Crippen molar-refractivity contribution in [2.45, 2.75) is 12.8 Å². The fourth-order valence-corrected chi connectivity index (χ4v) is 0.548. The Balaban J connectivity index is 3.58. The predicted octanol–water partition coefficient (Wildman–Crippen LogP) is 1.94. The molecule has 0 aliphatic carbocycles. The molecule has 4 heteroatoms. The van der Waals surface area contributed by atoms with Gasteiger partial charge in [-0.3, -0.25) is 0 Å². The van der Waals surface area contributed by atoms with Crippen LogP contribution in [0.5, 0.6) is 0 Å². The van der Waals surface area contributed by atoms with Gasteiger partial charge in [0, 0.05) is 5.88 Å². The van der Waals surface area contributed by atoms with Gasteiger partial charge in [-0.1, -0.05) is 0 Å². The molecule has 0 bridgehead atoms. The Kier molecular flexibility index (Phi) is 4.94. The molecule has 0 aliphatic rings. The summed E-state index contributed by atoms with van der Waals surface area (Å²) in [6.07, 6.45) is 1.99. The highest BCUT2D eigenvalue weighted by Gasteiger charge is 2.02. The fourth-order valence-electron chi connectivity index (χ4n) is 0.393. The number of hydrogen-bond donors (Lipinski definition) is 1. The number of aliphatic carboxylic acids is 1. The number of allylic oxidation sites excluding steroid dienone is 1. The Hall–Kier alpha value is -0.570. The Labute approximate surface area is 63.3 Å². The van der Waals surface area contributed by atoms with Crippen molar-refractivity contribution in [2.24, 2.45) is 0 Å². The summed E-state index contributed by atoms with van der Waals surface area (Å²) >= 11 is 5.27. The first-order valence-corrected chi connectivity index (χ1v) is 3.37. The highest BCUT2D eigenvalue weighted by Crippen LogP contribution is 2.01. The molecule has 10 heavy (non-hydrogen) atoms. The van der Waals surface area contributed by atoms with Crippen LogP contribution in [0.3, 0.4) is 0 Å². The molecule has 0 rings (SSSR count). The first-order valence-electron chi connectivity index (χ1n) is 2.83. The molecule has 0 saturated heterocycles. The number of unbranched alkanes of at least 4 members (excludes halogenated alkanes) is 1. The number of halogens is 2. The molecule has 0 aromatic carbocycles. The third-order valence-electron chi connectivity index (χ3n) is 0.866. The fraction of sp³-hybridized carbons (Fsp3) is 0.500. The summed E-state index contributed by atoms with van der Waals surface area (Å²) in [7, 11) is 0. The molecule has 0 spiro atoms. The van der Waals surface area contributed by atoms with E-state index in [9.17, 15) is 9.18 Å². The molecule has 0 aliphatic heterocycles. The monoisotopic (exact) mass is 166 g/mol. The average molecular weight is 167 g/mol. The van der Waals surface area contributed by atoms with E-state index >= 15 is 0 Å². The van der Waals surface area contributed by atoms with Crippen LogP contribution in [0.4, 0.5) is 4.39 Å². The average Bonchev–Trinajstić information content (AvgIpc) is 1.88. The smallest absolute Gasteiger partial charge is 0.364 e. The molecule has 1 N–H and O–H groups in total. The van der Waals surface area contributed by atoms with E-state index in [1.807, 2.05) is 0 Å². The topological polar surface area (TPSA) is 37.3 Å². The minimum absolute atomic E-state index is 0.377. The molecule has 0 aromatic heterocycles. The van der Waals surface area contributed by atoms with E-state index in [-0.39, 0.29) is 0 Å². The van der Waals surface area contributed by atoms with E-state index in [0.717, 1.165) is 6.08 Å². The van der Waals surface area contributed by atoms with Crippen molar-refractivity contribution in [3.8, 4) is 0 Å². The number of hydrogen-bond acceptors (Lipinski definition) is 1. The third kappa shape index (κ3) is 4.32. The number of carbonyl (C=O) groups is 1. The normalized spacial score (nSPS) is 11.6. The summed E-state index contributed by atoms with van der Waals surface area (Å²) in [5, 5.41) is 8.01. The zero-order valence-electron chi connectivity index (χ0n) is 5.31. The second-order valence-corrected chi connectivity index (χ2v) is 2.07. The summed E-state index contributed by atoms with van der Waals surface area (Å²) < 4.78 is 12.1. The summed E-state index contributed by atoms with van der Waals surface area (Å²) in [5.74, 6) is -2.21. The van der Waals surface area contributed by atoms with E-state index in [1.165, 1.54) is 0 Å². The Morgan fingerprint density at radius 2 is 2.30 bits per heavy atom. The van der Waals surface area contributed by atoms with E-state index in [0.29, 0.717) is 18.7 Å². The quantitative estimate of drug-likeness (QED) is 0.394. The van der Waals surface area contributed by atoms with Crippen LogP contribution in [0.25, 0.3) is 0 Å². The molecule has 0 atom stereocenters. The lowest BCUT2D eigenvalue weighted by atomic mass is 10.3. The van der Waals surface area contributed by atoms with Gasteiger partial charge >= 0.3 is 5.97 Å². The molecule has 2 nitrogen and oxygen atoms in total. The lowest BCUT2D eigenvalue weighted by Crippen LogP contribution is -1.94. The Bertz CT molecular complexity index is 145. The van der Waals surface area contributed by atoms with Gasteiger partial charge in [0.15, 0.2) is 0 Å². The first-order chi connectivity index (χ1) is 4.68. The SMILES string of the molecule is O=C(O)/C(F)=C\CCCCl. The van der Waals surface area contributed by atoms with Gasteiger partial charge in [0.1, 0.15) is 0 Å². The van der Waals surface area contributed by atoms with Crippen LogP contribution < -0.4 is 0 Å². The van der Waals surface area contributed by atoms with Gasteiger partial charge < -0.3 is 5.11 Å². The maximum atomic E-state index is 12.1. The van der Waals surface area contributed by atoms with Gasteiger partial charge in [-0.25, -0.2) is 4.79 Å². The van der Waals surface area contributed by atoms with Crippen LogP contribution in [-0.4, -0.2) is 17.0 Å². The molecule has 0 radical (unpaired) electrons. The van der Waals surface area contributed by atoms with Gasteiger partial charge in [0.05, 0.1) is 0 Å². The van der Waals surface area contributed by atoms with Gasteiger partial charge in [-0.15, -0.1) is 11.6 Å². The zero-order valence-corrected chi connectivity index (χ0v) is 6.07. The number of alkyl halides is 1. The summed E-state index contributed by atoms with van der Waals surface area (Å²) in [6.45, 7) is 0. The second-order valence-electron chi connectivity index (χ2n) is 1.69. The maximum Gasteiger partial charge on any atom is 0.364 e. The lowest BCUT2D eigenvalue weighted by molar-refractivity contribution is -0.134. The van der Waals surface area contributed by atoms with Gasteiger partial charge in [-0.05, 0) is 18.9 Å². The number of carboxylic acid groups (broad SMARTS) is 1. The lowest BCUT2D eigenvalue weighted by Gasteiger charge is -1.88. The Morgan fingerprint density at radius 3 is 2.70 bits per heavy atom. The standard InChI is InChI=1S/C6H8ClFO2/c7-4-2-1-3-5(8)6(9)10/h3H,1-2,4H2,(H,9,10)/b5-3+. The maximum absolute atomic E-state index is 12.1.